The summed E-state index contributed by atoms with van der Waals surface area (Å²) in [5.41, 5.74) is 2.46. The molecule has 21 heavy (non-hydrogen) atoms. The van der Waals surface area contributed by atoms with Crippen molar-refractivity contribution in [2.75, 3.05) is 0 Å². The Kier molecular flexibility index (Phi) is 3.89. The van der Waals surface area contributed by atoms with Crippen molar-refractivity contribution in [1.82, 2.24) is 4.57 Å². The third-order valence-electron chi connectivity index (χ3n) is 3.43. The molecule has 0 aliphatic rings. The highest BCUT2D eigenvalue weighted by Crippen LogP contribution is 2.26. The molecule has 0 radical (unpaired) electrons. The van der Waals surface area contributed by atoms with E-state index in [-0.39, 0.29) is 12.4 Å². The Balaban J connectivity index is 2.07. The van der Waals surface area contributed by atoms with Gasteiger partial charge in [0.05, 0.1) is 22.2 Å². The van der Waals surface area contributed by atoms with Crippen molar-refractivity contribution in [3.63, 3.8) is 0 Å². The second-order valence-electron chi connectivity index (χ2n) is 4.85. The van der Waals surface area contributed by atoms with Gasteiger partial charge in [-0.05, 0) is 35.9 Å². The van der Waals surface area contributed by atoms with Crippen molar-refractivity contribution in [3.8, 4) is 0 Å². The molecule has 2 aromatic carbocycles. The summed E-state index contributed by atoms with van der Waals surface area (Å²) < 4.78 is 15.4. The monoisotopic (exact) mass is 323 g/mol. The molecule has 0 atom stereocenters. The number of rotatable bonds is 3. The van der Waals surface area contributed by atoms with E-state index < -0.39 is 0 Å². The van der Waals surface area contributed by atoms with E-state index in [4.69, 9.17) is 23.2 Å². The summed E-state index contributed by atoms with van der Waals surface area (Å²) in [4.78, 5) is 0. The number of aromatic nitrogens is 1. The first-order chi connectivity index (χ1) is 10.1. The molecule has 0 aliphatic heterocycles. The first-order valence-electron chi connectivity index (χ1n) is 6.40. The van der Waals surface area contributed by atoms with Crippen LogP contribution in [-0.4, -0.2) is 9.67 Å². The van der Waals surface area contributed by atoms with Crippen LogP contribution in [0.1, 0.15) is 11.1 Å². The Hall–Kier alpha value is -1.55. The Labute approximate surface area is 131 Å². The zero-order chi connectivity index (χ0) is 15.0. The van der Waals surface area contributed by atoms with Crippen LogP contribution in [0.15, 0.2) is 42.6 Å². The quantitative estimate of drug-likeness (QED) is 0.747. The van der Waals surface area contributed by atoms with Crippen LogP contribution in [0, 0.1) is 5.82 Å². The molecule has 3 rings (SSSR count). The minimum atomic E-state index is -0.305. The average Bonchev–Trinajstić information content (AvgIpc) is 2.80. The summed E-state index contributed by atoms with van der Waals surface area (Å²) in [7, 11) is 0. The number of aliphatic hydroxyl groups is 1. The van der Waals surface area contributed by atoms with Crippen molar-refractivity contribution in [2.24, 2.45) is 0 Å². The highest BCUT2D eigenvalue weighted by molar-refractivity contribution is 6.42. The third-order valence-corrected chi connectivity index (χ3v) is 4.17. The number of benzene rings is 2. The van der Waals surface area contributed by atoms with Crippen LogP contribution in [0.3, 0.4) is 0 Å². The predicted octanol–water partition coefficient (Wildman–Crippen LogP) is 4.63. The van der Waals surface area contributed by atoms with Gasteiger partial charge in [0.15, 0.2) is 0 Å². The highest BCUT2D eigenvalue weighted by atomic mass is 35.5. The van der Waals surface area contributed by atoms with Gasteiger partial charge in [0.2, 0.25) is 0 Å². The molecule has 0 amide bonds. The molecule has 3 aromatic rings. The molecule has 2 nitrogen and oxygen atoms in total. The zero-order valence-electron chi connectivity index (χ0n) is 11.0. The van der Waals surface area contributed by atoms with Crippen LogP contribution in [0.4, 0.5) is 4.39 Å². The van der Waals surface area contributed by atoms with Crippen LogP contribution < -0.4 is 0 Å². The van der Waals surface area contributed by atoms with Crippen LogP contribution in [-0.2, 0) is 13.2 Å². The lowest BCUT2D eigenvalue weighted by Crippen LogP contribution is -1.98. The molecule has 1 N–H and O–H groups in total. The molecule has 0 saturated heterocycles. The highest BCUT2D eigenvalue weighted by Gasteiger charge is 2.10. The van der Waals surface area contributed by atoms with Crippen molar-refractivity contribution in [2.45, 2.75) is 13.2 Å². The van der Waals surface area contributed by atoms with E-state index in [2.05, 4.69) is 0 Å². The van der Waals surface area contributed by atoms with Gasteiger partial charge in [-0.1, -0.05) is 29.3 Å². The van der Waals surface area contributed by atoms with E-state index in [0.29, 0.717) is 16.6 Å². The van der Waals surface area contributed by atoms with E-state index in [9.17, 15) is 9.50 Å². The average molecular weight is 324 g/mol. The number of fused-ring (bicyclic) bond motifs is 1. The molecule has 0 bridgehead atoms. The van der Waals surface area contributed by atoms with Gasteiger partial charge in [-0.15, -0.1) is 0 Å². The standard InChI is InChI=1S/C16H12Cl2FNO/c17-14-4-1-10(5-15(14)18)7-20-8-11(9-21)13-3-2-12(19)6-16(13)20/h1-6,8,21H,7,9H2. The molecular formula is C16H12Cl2FNO. The van der Waals surface area contributed by atoms with Crippen molar-refractivity contribution >= 4 is 34.1 Å². The fourth-order valence-electron chi connectivity index (χ4n) is 2.43. The molecule has 0 fully saturated rings. The normalized spacial score (nSPS) is 11.2. The molecular weight excluding hydrogens is 312 g/mol. The minimum absolute atomic E-state index is 0.0868. The first-order valence-corrected chi connectivity index (χ1v) is 7.16. The Morgan fingerprint density at radius 1 is 1.05 bits per heavy atom. The third kappa shape index (κ3) is 2.77. The fraction of sp³-hybridized carbons (Fsp3) is 0.125. The Morgan fingerprint density at radius 2 is 1.86 bits per heavy atom. The molecule has 0 spiro atoms. The smallest absolute Gasteiger partial charge is 0.125 e. The lowest BCUT2D eigenvalue weighted by atomic mass is 10.2. The number of aliphatic hydroxyl groups excluding tert-OH is 1. The predicted molar refractivity (Wildman–Crippen MR) is 83.4 cm³/mol. The summed E-state index contributed by atoms with van der Waals surface area (Å²) >= 11 is 11.9. The second kappa shape index (κ2) is 5.68. The molecule has 0 unspecified atom stereocenters. The number of nitrogens with zero attached hydrogens (tertiary/aromatic N) is 1. The van der Waals surface area contributed by atoms with Gasteiger partial charge in [0, 0.05) is 23.7 Å². The van der Waals surface area contributed by atoms with Crippen molar-refractivity contribution in [1.29, 1.82) is 0 Å². The summed E-state index contributed by atoms with van der Waals surface area (Å²) in [5.74, 6) is -0.305. The van der Waals surface area contributed by atoms with E-state index in [0.717, 1.165) is 22.0 Å². The van der Waals surface area contributed by atoms with Gasteiger partial charge < -0.3 is 9.67 Å². The maximum absolute atomic E-state index is 13.5. The van der Waals surface area contributed by atoms with Gasteiger partial charge in [0.1, 0.15) is 5.82 Å². The summed E-state index contributed by atoms with van der Waals surface area (Å²) in [6.07, 6.45) is 1.83. The first kappa shape index (κ1) is 14.4. The fourth-order valence-corrected chi connectivity index (χ4v) is 2.75. The van der Waals surface area contributed by atoms with E-state index >= 15 is 0 Å². The molecule has 1 heterocycles. The molecule has 1 aromatic heterocycles. The van der Waals surface area contributed by atoms with Gasteiger partial charge >= 0.3 is 0 Å². The lowest BCUT2D eigenvalue weighted by Gasteiger charge is -2.07. The summed E-state index contributed by atoms with van der Waals surface area (Å²) in [6.45, 7) is 0.438. The molecule has 0 aliphatic carbocycles. The summed E-state index contributed by atoms with van der Waals surface area (Å²) in [6, 6.07) is 9.93. The van der Waals surface area contributed by atoms with Crippen molar-refractivity contribution in [3.05, 3.63) is 69.6 Å². The van der Waals surface area contributed by atoms with E-state index in [1.165, 1.54) is 12.1 Å². The SMILES string of the molecule is OCc1cn(Cc2ccc(Cl)c(Cl)c2)c2cc(F)ccc12. The lowest BCUT2D eigenvalue weighted by molar-refractivity contribution is 0.283. The Morgan fingerprint density at radius 3 is 2.57 bits per heavy atom. The largest absolute Gasteiger partial charge is 0.392 e. The van der Waals surface area contributed by atoms with Crippen LogP contribution in [0.25, 0.3) is 10.9 Å². The second-order valence-corrected chi connectivity index (χ2v) is 5.66. The Bertz CT molecular complexity index is 813. The van der Waals surface area contributed by atoms with E-state index in [1.807, 2.05) is 16.8 Å². The van der Waals surface area contributed by atoms with Gasteiger partial charge in [-0.2, -0.15) is 0 Å². The maximum Gasteiger partial charge on any atom is 0.125 e. The van der Waals surface area contributed by atoms with Gasteiger partial charge in [0.25, 0.3) is 0 Å². The van der Waals surface area contributed by atoms with Crippen LogP contribution in [0.5, 0.6) is 0 Å². The zero-order valence-corrected chi connectivity index (χ0v) is 12.5. The van der Waals surface area contributed by atoms with Gasteiger partial charge in [-0.3, -0.25) is 0 Å². The number of hydrogen-bond acceptors (Lipinski definition) is 1. The molecule has 5 heteroatoms. The number of halogens is 3. The summed E-state index contributed by atoms with van der Waals surface area (Å²) in [5, 5.41) is 11.3. The molecule has 0 saturated carbocycles. The van der Waals surface area contributed by atoms with Crippen molar-refractivity contribution < 1.29 is 9.50 Å². The van der Waals surface area contributed by atoms with E-state index in [1.54, 1.807) is 18.2 Å². The topological polar surface area (TPSA) is 25.2 Å². The maximum atomic E-state index is 13.5. The number of hydrogen-bond donors (Lipinski definition) is 1. The minimum Gasteiger partial charge on any atom is -0.392 e. The molecule has 108 valence electrons. The van der Waals surface area contributed by atoms with Crippen LogP contribution >= 0.6 is 23.2 Å². The van der Waals surface area contributed by atoms with Gasteiger partial charge in [-0.25, -0.2) is 4.39 Å². The van der Waals surface area contributed by atoms with Crippen LogP contribution in [0.2, 0.25) is 10.0 Å².